The second-order valence-electron chi connectivity index (χ2n) is 3.35. The number of nitrogens with two attached hydrogens (primary N) is 1. The van der Waals surface area contributed by atoms with Crippen molar-refractivity contribution < 1.29 is 0 Å². The predicted octanol–water partition coefficient (Wildman–Crippen LogP) is 0.663. The zero-order valence-corrected chi connectivity index (χ0v) is 9.91. The van der Waals surface area contributed by atoms with Crippen LogP contribution in [0.25, 0.3) is 0 Å². The molecule has 2 heterocycles. The Bertz CT molecular complexity index is 618. The molecule has 0 amide bonds. The van der Waals surface area contributed by atoms with Gasteiger partial charge in [0.1, 0.15) is 0 Å². The van der Waals surface area contributed by atoms with Gasteiger partial charge < -0.3 is 5.73 Å². The fourth-order valence-electron chi connectivity index (χ4n) is 1.35. The molecule has 0 saturated carbocycles. The molecule has 0 saturated heterocycles. The maximum atomic E-state index is 11.5. The molecule has 2 aromatic rings. The lowest BCUT2D eigenvalue weighted by Gasteiger charge is -2.00. The molecule has 0 spiro atoms. The van der Waals surface area contributed by atoms with Crippen molar-refractivity contribution in [3.63, 3.8) is 0 Å². The van der Waals surface area contributed by atoms with Crippen LogP contribution in [0.5, 0.6) is 0 Å². The largest absolute Gasteiger partial charge is 0.320 e. The average molecular weight is 245 g/mol. The van der Waals surface area contributed by atoms with Crippen LogP contribution in [0.4, 0.5) is 0 Å². The standard InChI is InChI=1S/C12H11N3OS/c13-4-1-2-10-6-11(17-8-10)7-15-9-14-5-3-12(15)16/h3,5-6,8-9H,4,7,13H2. The van der Waals surface area contributed by atoms with Crippen LogP contribution in [-0.4, -0.2) is 16.1 Å². The van der Waals surface area contributed by atoms with Gasteiger partial charge in [0, 0.05) is 28.1 Å². The van der Waals surface area contributed by atoms with Gasteiger partial charge in [-0.15, -0.1) is 11.3 Å². The van der Waals surface area contributed by atoms with Gasteiger partial charge in [-0.05, 0) is 6.07 Å². The first-order valence-electron chi connectivity index (χ1n) is 5.06. The molecule has 17 heavy (non-hydrogen) atoms. The van der Waals surface area contributed by atoms with Gasteiger partial charge in [-0.1, -0.05) is 11.8 Å². The van der Waals surface area contributed by atoms with Crippen LogP contribution in [-0.2, 0) is 6.54 Å². The lowest BCUT2D eigenvalue weighted by molar-refractivity contribution is 0.745. The van der Waals surface area contributed by atoms with Gasteiger partial charge in [0.05, 0.1) is 19.4 Å². The fraction of sp³-hybridized carbons (Fsp3) is 0.167. The van der Waals surface area contributed by atoms with Crippen LogP contribution >= 0.6 is 11.3 Å². The van der Waals surface area contributed by atoms with E-state index in [2.05, 4.69) is 16.8 Å². The van der Waals surface area contributed by atoms with E-state index in [-0.39, 0.29) is 5.56 Å². The summed E-state index contributed by atoms with van der Waals surface area (Å²) in [6, 6.07) is 3.41. The van der Waals surface area contributed by atoms with Gasteiger partial charge in [-0.2, -0.15) is 0 Å². The summed E-state index contributed by atoms with van der Waals surface area (Å²) in [5.74, 6) is 5.75. The monoisotopic (exact) mass is 245 g/mol. The van der Waals surface area contributed by atoms with Crippen molar-refractivity contribution in [2.45, 2.75) is 6.54 Å². The first-order valence-corrected chi connectivity index (χ1v) is 5.94. The SMILES string of the molecule is NCC#Cc1csc(Cn2cnccc2=O)c1. The van der Waals surface area contributed by atoms with Gasteiger partial charge in [-0.25, -0.2) is 4.98 Å². The molecule has 5 heteroatoms. The minimum atomic E-state index is -0.0528. The summed E-state index contributed by atoms with van der Waals surface area (Å²) in [6.07, 6.45) is 3.03. The minimum Gasteiger partial charge on any atom is -0.320 e. The fourth-order valence-corrected chi connectivity index (χ4v) is 2.16. The summed E-state index contributed by atoms with van der Waals surface area (Å²) in [7, 11) is 0. The van der Waals surface area contributed by atoms with E-state index in [1.54, 1.807) is 15.9 Å². The van der Waals surface area contributed by atoms with Crippen LogP contribution in [0.2, 0.25) is 0 Å². The molecule has 2 aromatic heterocycles. The predicted molar refractivity (Wildman–Crippen MR) is 67.9 cm³/mol. The van der Waals surface area contributed by atoms with Crippen LogP contribution in [0.3, 0.4) is 0 Å². The molecule has 0 aromatic carbocycles. The van der Waals surface area contributed by atoms with E-state index in [0.29, 0.717) is 13.1 Å². The van der Waals surface area contributed by atoms with E-state index in [1.165, 1.54) is 18.6 Å². The Morgan fingerprint density at radius 3 is 3.18 bits per heavy atom. The summed E-state index contributed by atoms with van der Waals surface area (Å²) in [5.41, 5.74) is 6.19. The molecule has 0 radical (unpaired) electrons. The van der Waals surface area contributed by atoms with Crippen LogP contribution in [0.1, 0.15) is 10.4 Å². The zero-order valence-electron chi connectivity index (χ0n) is 9.09. The van der Waals surface area contributed by atoms with Gasteiger partial charge in [0.15, 0.2) is 0 Å². The average Bonchev–Trinajstić information content (AvgIpc) is 2.77. The molecule has 0 unspecified atom stereocenters. The van der Waals surface area contributed by atoms with Gasteiger partial charge in [0.2, 0.25) is 0 Å². The number of hydrogen-bond donors (Lipinski definition) is 1. The molecule has 0 atom stereocenters. The molecular weight excluding hydrogens is 234 g/mol. The van der Waals surface area contributed by atoms with Gasteiger partial charge in [0.25, 0.3) is 5.56 Å². The molecule has 0 aliphatic carbocycles. The van der Waals surface area contributed by atoms with Crippen molar-refractivity contribution in [1.29, 1.82) is 0 Å². The maximum Gasteiger partial charge on any atom is 0.253 e. The van der Waals surface area contributed by atoms with E-state index in [9.17, 15) is 4.79 Å². The molecule has 2 N–H and O–H groups in total. The molecule has 0 fully saturated rings. The summed E-state index contributed by atoms with van der Waals surface area (Å²) in [4.78, 5) is 16.5. The van der Waals surface area contributed by atoms with E-state index in [4.69, 9.17) is 5.73 Å². The Morgan fingerprint density at radius 1 is 1.53 bits per heavy atom. The first kappa shape index (κ1) is 11.6. The number of hydrogen-bond acceptors (Lipinski definition) is 4. The highest BCUT2D eigenvalue weighted by atomic mass is 32.1. The second kappa shape index (κ2) is 5.43. The lowest BCUT2D eigenvalue weighted by Crippen LogP contribution is -2.18. The van der Waals surface area contributed by atoms with Gasteiger partial charge in [-0.3, -0.25) is 9.36 Å². The van der Waals surface area contributed by atoms with Crippen molar-refractivity contribution in [2.24, 2.45) is 5.73 Å². The van der Waals surface area contributed by atoms with E-state index in [0.717, 1.165) is 10.4 Å². The normalized spacial score (nSPS) is 9.71. The summed E-state index contributed by atoms with van der Waals surface area (Å²) >= 11 is 1.57. The molecular formula is C12H11N3OS. The Hall–Kier alpha value is -1.90. The van der Waals surface area contributed by atoms with Gasteiger partial charge >= 0.3 is 0 Å². The molecule has 0 aliphatic rings. The zero-order chi connectivity index (χ0) is 12.1. The van der Waals surface area contributed by atoms with Crippen molar-refractivity contribution in [1.82, 2.24) is 9.55 Å². The highest BCUT2D eigenvalue weighted by Crippen LogP contribution is 2.14. The van der Waals surface area contributed by atoms with Crippen molar-refractivity contribution >= 4 is 11.3 Å². The highest BCUT2D eigenvalue weighted by Gasteiger charge is 2.00. The summed E-state index contributed by atoms with van der Waals surface area (Å²) < 4.78 is 1.56. The third-order valence-electron chi connectivity index (χ3n) is 2.11. The Labute approximate surface area is 103 Å². The molecule has 86 valence electrons. The number of thiophene rings is 1. The van der Waals surface area contributed by atoms with E-state index < -0.39 is 0 Å². The number of aromatic nitrogens is 2. The van der Waals surface area contributed by atoms with Crippen LogP contribution < -0.4 is 11.3 Å². The molecule has 0 aliphatic heterocycles. The summed E-state index contributed by atoms with van der Waals surface area (Å²) in [5, 5.41) is 1.96. The van der Waals surface area contributed by atoms with Crippen molar-refractivity contribution in [3.05, 3.63) is 50.8 Å². The van der Waals surface area contributed by atoms with Crippen molar-refractivity contribution in [3.8, 4) is 11.8 Å². The smallest absolute Gasteiger partial charge is 0.253 e. The third kappa shape index (κ3) is 3.03. The topological polar surface area (TPSA) is 60.9 Å². The summed E-state index contributed by atoms with van der Waals surface area (Å²) in [6.45, 7) is 0.884. The number of rotatable bonds is 2. The number of nitrogens with zero attached hydrogens (tertiary/aromatic N) is 2. The second-order valence-corrected chi connectivity index (χ2v) is 4.35. The third-order valence-corrected chi connectivity index (χ3v) is 3.03. The molecule has 2 rings (SSSR count). The highest BCUT2D eigenvalue weighted by molar-refractivity contribution is 7.10. The quantitative estimate of drug-likeness (QED) is 0.791. The molecule has 4 nitrogen and oxygen atoms in total. The minimum absolute atomic E-state index is 0.0528. The molecule has 0 bridgehead atoms. The Morgan fingerprint density at radius 2 is 2.41 bits per heavy atom. The Kier molecular flexibility index (Phi) is 3.70. The van der Waals surface area contributed by atoms with Crippen molar-refractivity contribution in [2.75, 3.05) is 6.54 Å². The maximum absolute atomic E-state index is 11.5. The lowest BCUT2D eigenvalue weighted by atomic mass is 10.3. The first-order chi connectivity index (χ1) is 8.29. The van der Waals surface area contributed by atoms with Crippen LogP contribution in [0.15, 0.2) is 34.8 Å². The van der Waals surface area contributed by atoms with Crippen LogP contribution in [0, 0.1) is 11.8 Å². The Balaban J connectivity index is 2.17. The van der Waals surface area contributed by atoms with E-state index >= 15 is 0 Å². The van der Waals surface area contributed by atoms with E-state index in [1.807, 2.05) is 11.4 Å².